The van der Waals surface area contributed by atoms with Gasteiger partial charge in [-0.1, -0.05) is 18.9 Å². The summed E-state index contributed by atoms with van der Waals surface area (Å²) in [5, 5.41) is 11.1. The summed E-state index contributed by atoms with van der Waals surface area (Å²) in [7, 11) is 0. The molecule has 84 valence electrons. The van der Waals surface area contributed by atoms with Gasteiger partial charge >= 0.3 is 5.97 Å². The van der Waals surface area contributed by atoms with Crippen LogP contribution in [-0.4, -0.2) is 17.0 Å². The molecule has 1 aliphatic carbocycles. The number of carboxylic acid groups (broad SMARTS) is 1. The van der Waals surface area contributed by atoms with Crippen molar-refractivity contribution in [2.24, 2.45) is 5.92 Å². The lowest BCUT2D eigenvalue weighted by Gasteiger charge is -2.09. The number of carboxylic acids is 1. The van der Waals surface area contributed by atoms with E-state index in [-0.39, 0.29) is 11.6 Å². The largest absolute Gasteiger partial charge is 0.477 e. The highest BCUT2D eigenvalue weighted by atomic mass is 16.4. The van der Waals surface area contributed by atoms with Crippen molar-refractivity contribution in [3.05, 3.63) is 11.8 Å². The van der Waals surface area contributed by atoms with E-state index in [9.17, 15) is 9.59 Å². The van der Waals surface area contributed by atoms with Crippen molar-refractivity contribution in [2.75, 3.05) is 0 Å². The van der Waals surface area contributed by atoms with Gasteiger partial charge < -0.3 is 10.4 Å². The van der Waals surface area contributed by atoms with Crippen LogP contribution in [0.25, 0.3) is 0 Å². The normalized spacial score (nSPS) is 17.8. The monoisotopic (exact) mass is 211 g/mol. The predicted molar refractivity (Wildman–Crippen MR) is 56.1 cm³/mol. The molecule has 1 saturated carbocycles. The number of rotatable bonds is 4. The Kier molecular flexibility index (Phi) is 4.34. The lowest BCUT2D eigenvalue weighted by molar-refractivity contribution is -0.134. The summed E-state index contributed by atoms with van der Waals surface area (Å²) in [6, 6.07) is 0. The second-order valence-electron chi connectivity index (χ2n) is 3.91. The number of aliphatic carboxylic acids is 1. The van der Waals surface area contributed by atoms with E-state index in [0.29, 0.717) is 12.3 Å². The van der Waals surface area contributed by atoms with Crippen molar-refractivity contribution in [2.45, 2.75) is 39.0 Å². The van der Waals surface area contributed by atoms with Crippen LogP contribution >= 0.6 is 0 Å². The van der Waals surface area contributed by atoms with Crippen LogP contribution in [-0.2, 0) is 9.59 Å². The number of nitrogens with one attached hydrogen (secondary N) is 1. The van der Waals surface area contributed by atoms with Gasteiger partial charge in [0.15, 0.2) is 0 Å². The average molecular weight is 211 g/mol. The van der Waals surface area contributed by atoms with Crippen molar-refractivity contribution in [3.63, 3.8) is 0 Å². The van der Waals surface area contributed by atoms with Gasteiger partial charge in [0, 0.05) is 6.42 Å². The van der Waals surface area contributed by atoms with Crippen LogP contribution in [0, 0.1) is 5.92 Å². The van der Waals surface area contributed by atoms with Crippen molar-refractivity contribution in [3.8, 4) is 0 Å². The first-order valence-electron chi connectivity index (χ1n) is 5.33. The Balaban J connectivity index is 2.37. The van der Waals surface area contributed by atoms with Crippen LogP contribution in [0.3, 0.4) is 0 Å². The molecule has 0 radical (unpaired) electrons. The van der Waals surface area contributed by atoms with Gasteiger partial charge in [-0.3, -0.25) is 4.79 Å². The van der Waals surface area contributed by atoms with Crippen LogP contribution < -0.4 is 5.32 Å². The predicted octanol–water partition coefficient (Wildman–Crippen LogP) is 1.67. The molecule has 4 nitrogen and oxygen atoms in total. The standard InChI is InChI=1S/C11H17NO3/c1-2-9(11(14)15)12-10(13)7-8-5-3-4-6-8/h2,8H,3-7H2,1H3,(H,12,13)(H,14,15). The molecule has 0 heterocycles. The first-order valence-corrected chi connectivity index (χ1v) is 5.33. The Morgan fingerprint density at radius 1 is 1.40 bits per heavy atom. The van der Waals surface area contributed by atoms with Crippen molar-refractivity contribution in [1.82, 2.24) is 5.32 Å². The summed E-state index contributed by atoms with van der Waals surface area (Å²) in [4.78, 5) is 22.1. The van der Waals surface area contributed by atoms with E-state index in [0.717, 1.165) is 12.8 Å². The molecular weight excluding hydrogens is 194 g/mol. The number of carbonyl (C=O) groups is 2. The molecule has 1 rings (SSSR count). The zero-order valence-electron chi connectivity index (χ0n) is 8.95. The van der Waals surface area contributed by atoms with E-state index < -0.39 is 5.97 Å². The van der Waals surface area contributed by atoms with Crippen LogP contribution in [0.4, 0.5) is 0 Å². The minimum Gasteiger partial charge on any atom is -0.477 e. The van der Waals surface area contributed by atoms with Gasteiger partial charge in [-0.2, -0.15) is 0 Å². The van der Waals surface area contributed by atoms with E-state index in [2.05, 4.69) is 5.32 Å². The first-order chi connectivity index (χ1) is 7.13. The fourth-order valence-corrected chi connectivity index (χ4v) is 1.93. The molecule has 0 unspecified atom stereocenters. The quantitative estimate of drug-likeness (QED) is 0.695. The molecule has 4 heteroatoms. The maximum absolute atomic E-state index is 11.5. The number of allylic oxidation sites excluding steroid dienone is 1. The van der Waals surface area contributed by atoms with E-state index in [1.165, 1.54) is 18.9 Å². The van der Waals surface area contributed by atoms with Crippen molar-refractivity contribution in [1.29, 1.82) is 0 Å². The fraction of sp³-hybridized carbons (Fsp3) is 0.636. The first kappa shape index (κ1) is 11.8. The van der Waals surface area contributed by atoms with Gasteiger partial charge in [0.2, 0.25) is 5.91 Å². The molecule has 1 aliphatic rings. The maximum Gasteiger partial charge on any atom is 0.352 e. The lowest BCUT2D eigenvalue weighted by Crippen LogP contribution is -2.28. The Hall–Kier alpha value is -1.32. The average Bonchev–Trinajstić information content (AvgIpc) is 2.66. The van der Waals surface area contributed by atoms with Crippen LogP contribution in [0.5, 0.6) is 0 Å². The Morgan fingerprint density at radius 2 is 2.00 bits per heavy atom. The third kappa shape index (κ3) is 3.73. The summed E-state index contributed by atoms with van der Waals surface area (Å²) in [5.41, 5.74) is -0.0296. The highest BCUT2D eigenvalue weighted by molar-refractivity contribution is 5.92. The van der Waals surface area contributed by atoms with Crippen molar-refractivity contribution >= 4 is 11.9 Å². The van der Waals surface area contributed by atoms with Gasteiger partial charge in [0.25, 0.3) is 0 Å². The summed E-state index contributed by atoms with van der Waals surface area (Å²) < 4.78 is 0. The molecule has 0 saturated heterocycles. The molecule has 1 amide bonds. The third-order valence-electron chi connectivity index (χ3n) is 2.74. The number of amides is 1. The number of hydrogen-bond donors (Lipinski definition) is 2. The van der Waals surface area contributed by atoms with Gasteiger partial charge in [0.1, 0.15) is 5.70 Å². The minimum absolute atomic E-state index is 0.0296. The van der Waals surface area contributed by atoms with Gasteiger partial charge in [-0.15, -0.1) is 0 Å². The molecule has 1 fully saturated rings. The Labute approximate surface area is 89.4 Å². The van der Waals surface area contributed by atoms with Crippen LogP contribution in [0.2, 0.25) is 0 Å². The van der Waals surface area contributed by atoms with Gasteiger partial charge in [-0.05, 0) is 25.7 Å². The van der Waals surface area contributed by atoms with E-state index in [1.54, 1.807) is 6.92 Å². The smallest absolute Gasteiger partial charge is 0.352 e. The molecule has 0 spiro atoms. The second-order valence-corrected chi connectivity index (χ2v) is 3.91. The molecule has 0 atom stereocenters. The zero-order chi connectivity index (χ0) is 11.3. The third-order valence-corrected chi connectivity index (χ3v) is 2.74. The molecule has 0 aromatic heterocycles. The summed E-state index contributed by atoms with van der Waals surface area (Å²) in [6.45, 7) is 1.60. The van der Waals surface area contributed by atoms with Gasteiger partial charge in [-0.25, -0.2) is 4.79 Å². The SMILES string of the molecule is CC=C(NC(=O)CC1CCCC1)C(=O)O. The van der Waals surface area contributed by atoms with E-state index in [4.69, 9.17) is 5.11 Å². The molecule has 0 aromatic rings. The van der Waals surface area contributed by atoms with Crippen LogP contribution in [0.1, 0.15) is 39.0 Å². The van der Waals surface area contributed by atoms with E-state index in [1.807, 2.05) is 0 Å². The fourth-order valence-electron chi connectivity index (χ4n) is 1.93. The Morgan fingerprint density at radius 3 is 2.47 bits per heavy atom. The van der Waals surface area contributed by atoms with Crippen LogP contribution in [0.15, 0.2) is 11.8 Å². The molecule has 0 aromatic carbocycles. The molecular formula is C11H17NO3. The molecule has 2 N–H and O–H groups in total. The zero-order valence-corrected chi connectivity index (χ0v) is 8.95. The number of hydrogen-bond acceptors (Lipinski definition) is 2. The number of carbonyl (C=O) groups excluding carboxylic acids is 1. The second kappa shape index (κ2) is 5.53. The summed E-state index contributed by atoms with van der Waals surface area (Å²) in [6.07, 6.45) is 6.40. The Bertz CT molecular complexity index is 278. The maximum atomic E-state index is 11.5. The van der Waals surface area contributed by atoms with E-state index >= 15 is 0 Å². The van der Waals surface area contributed by atoms with Gasteiger partial charge in [0.05, 0.1) is 0 Å². The molecule has 0 aliphatic heterocycles. The topological polar surface area (TPSA) is 66.4 Å². The summed E-state index contributed by atoms with van der Waals surface area (Å²) in [5.74, 6) is -0.827. The lowest BCUT2D eigenvalue weighted by atomic mass is 10.0. The highest BCUT2D eigenvalue weighted by Gasteiger charge is 2.19. The highest BCUT2D eigenvalue weighted by Crippen LogP contribution is 2.27. The molecule has 15 heavy (non-hydrogen) atoms. The van der Waals surface area contributed by atoms with Crippen molar-refractivity contribution < 1.29 is 14.7 Å². The molecule has 0 bridgehead atoms. The summed E-state index contributed by atoms with van der Waals surface area (Å²) >= 11 is 0. The minimum atomic E-state index is -1.09.